The van der Waals surface area contributed by atoms with Gasteiger partial charge in [0.25, 0.3) is 0 Å². The molecule has 1 N–H and O–H groups in total. The average Bonchev–Trinajstić information content (AvgIpc) is 2.14. The van der Waals surface area contributed by atoms with E-state index in [1.165, 1.54) is 58.8 Å². The number of piperazine rings is 1. The Morgan fingerprint density at radius 3 is 2.21 bits per heavy atom. The minimum Gasteiger partial charge on any atom is -0.316 e. The lowest BCUT2D eigenvalue weighted by molar-refractivity contribution is 0.107. The van der Waals surface area contributed by atoms with Crippen molar-refractivity contribution in [1.29, 1.82) is 0 Å². The average molecular weight is 197 g/mol. The Morgan fingerprint density at radius 2 is 1.71 bits per heavy atom. The predicted molar refractivity (Wildman–Crippen MR) is 59.5 cm³/mol. The second-order valence-electron chi connectivity index (χ2n) is 4.67. The molecule has 14 heavy (non-hydrogen) atoms. The third-order valence-electron chi connectivity index (χ3n) is 3.39. The van der Waals surface area contributed by atoms with Crippen LogP contribution in [0.15, 0.2) is 0 Å². The number of nitrogens with zero attached hydrogens (tertiary/aromatic N) is 2. The molecule has 2 fully saturated rings. The van der Waals surface area contributed by atoms with E-state index in [0.717, 1.165) is 5.92 Å². The topological polar surface area (TPSA) is 18.5 Å². The second kappa shape index (κ2) is 5.10. The van der Waals surface area contributed by atoms with Crippen LogP contribution < -0.4 is 5.32 Å². The maximum atomic E-state index is 3.34. The Bertz CT molecular complexity index is 160. The highest BCUT2D eigenvalue weighted by atomic mass is 15.3. The maximum Gasteiger partial charge on any atom is 0.0110 e. The molecule has 0 spiro atoms. The summed E-state index contributed by atoms with van der Waals surface area (Å²) >= 11 is 0. The lowest BCUT2D eigenvalue weighted by Crippen LogP contribution is -2.53. The highest BCUT2D eigenvalue weighted by Gasteiger charge is 2.22. The van der Waals surface area contributed by atoms with Crippen molar-refractivity contribution in [2.24, 2.45) is 5.92 Å². The molecule has 0 unspecified atom stereocenters. The van der Waals surface area contributed by atoms with Crippen molar-refractivity contribution in [1.82, 2.24) is 15.1 Å². The molecule has 0 aromatic heterocycles. The van der Waals surface area contributed by atoms with E-state index in [4.69, 9.17) is 0 Å². The number of hydrogen-bond acceptors (Lipinski definition) is 3. The number of hydrogen-bond donors (Lipinski definition) is 1. The first-order valence-corrected chi connectivity index (χ1v) is 6.04. The first-order chi connectivity index (χ1) is 6.88. The summed E-state index contributed by atoms with van der Waals surface area (Å²) < 4.78 is 0. The number of rotatable bonds is 4. The van der Waals surface area contributed by atoms with E-state index in [2.05, 4.69) is 22.0 Å². The van der Waals surface area contributed by atoms with E-state index in [9.17, 15) is 0 Å². The zero-order valence-corrected chi connectivity index (χ0v) is 9.34. The van der Waals surface area contributed by atoms with Gasteiger partial charge < -0.3 is 15.1 Å². The second-order valence-corrected chi connectivity index (χ2v) is 4.67. The van der Waals surface area contributed by atoms with Crippen molar-refractivity contribution in [3.8, 4) is 0 Å². The Balaban J connectivity index is 1.62. The lowest BCUT2D eigenvalue weighted by Gasteiger charge is -2.38. The van der Waals surface area contributed by atoms with Gasteiger partial charge in [-0.3, -0.25) is 0 Å². The first-order valence-electron chi connectivity index (χ1n) is 6.04. The molecule has 0 bridgehead atoms. The SMILES string of the molecule is CCCN1CCN(CC2CNC2)CC1. The molecule has 2 rings (SSSR count). The molecule has 82 valence electrons. The molecular weight excluding hydrogens is 174 g/mol. The van der Waals surface area contributed by atoms with Gasteiger partial charge in [-0.05, 0) is 18.9 Å². The Labute approximate surface area is 87.4 Å². The minimum absolute atomic E-state index is 0.938. The van der Waals surface area contributed by atoms with Crippen LogP contribution in [0.4, 0.5) is 0 Å². The van der Waals surface area contributed by atoms with E-state index >= 15 is 0 Å². The van der Waals surface area contributed by atoms with Crippen molar-refractivity contribution in [2.75, 3.05) is 52.4 Å². The highest BCUT2D eigenvalue weighted by Crippen LogP contribution is 2.09. The van der Waals surface area contributed by atoms with Crippen LogP contribution in [0.3, 0.4) is 0 Å². The summed E-state index contributed by atoms with van der Waals surface area (Å²) in [6.45, 7) is 12.5. The van der Waals surface area contributed by atoms with Gasteiger partial charge in [-0.15, -0.1) is 0 Å². The fraction of sp³-hybridized carbons (Fsp3) is 1.00. The summed E-state index contributed by atoms with van der Waals surface area (Å²) in [6.07, 6.45) is 1.30. The Morgan fingerprint density at radius 1 is 1.07 bits per heavy atom. The van der Waals surface area contributed by atoms with Crippen LogP contribution in [-0.4, -0.2) is 62.2 Å². The van der Waals surface area contributed by atoms with Gasteiger partial charge in [0.05, 0.1) is 0 Å². The van der Waals surface area contributed by atoms with Crippen LogP contribution in [0.2, 0.25) is 0 Å². The zero-order valence-electron chi connectivity index (χ0n) is 9.34. The zero-order chi connectivity index (χ0) is 9.80. The molecule has 0 amide bonds. The van der Waals surface area contributed by atoms with Crippen LogP contribution >= 0.6 is 0 Å². The van der Waals surface area contributed by atoms with Crippen LogP contribution in [-0.2, 0) is 0 Å². The first kappa shape index (κ1) is 10.4. The summed E-state index contributed by atoms with van der Waals surface area (Å²) in [5.74, 6) is 0.938. The van der Waals surface area contributed by atoms with Gasteiger partial charge >= 0.3 is 0 Å². The fourth-order valence-electron chi connectivity index (χ4n) is 2.35. The molecule has 0 aromatic carbocycles. The van der Waals surface area contributed by atoms with Gasteiger partial charge in [-0.1, -0.05) is 6.92 Å². The van der Waals surface area contributed by atoms with E-state index in [-0.39, 0.29) is 0 Å². The van der Waals surface area contributed by atoms with Gasteiger partial charge in [0.15, 0.2) is 0 Å². The third-order valence-corrected chi connectivity index (χ3v) is 3.39. The van der Waals surface area contributed by atoms with Crippen molar-refractivity contribution in [3.05, 3.63) is 0 Å². The van der Waals surface area contributed by atoms with Crippen LogP contribution in [0, 0.1) is 5.92 Å². The van der Waals surface area contributed by atoms with Crippen LogP contribution in [0.5, 0.6) is 0 Å². The van der Waals surface area contributed by atoms with Crippen molar-refractivity contribution >= 4 is 0 Å². The van der Waals surface area contributed by atoms with Crippen LogP contribution in [0.1, 0.15) is 13.3 Å². The monoisotopic (exact) mass is 197 g/mol. The maximum absolute atomic E-state index is 3.34. The van der Waals surface area contributed by atoms with Crippen molar-refractivity contribution in [3.63, 3.8) is 0 Å². The van der Waals surface area contributed by atoms with E-state index in [0.29, 0.717) is 0 Å². The third kappa shape index (κ3) is 2.69. The molecule has 0 atom stereocenters. The van der Waals surface area contributed by atoms with Gasteiger partial charge in [0.2, 0.25) is 0 Å². The summed E-state index contributed by atoms with van der Waals surface area (Å²) in [5.41, 5.74) is 0. The summed E-state index contributed by atoms with van der Waals surface area (Å²) in [7, 11) is 0. The molecule has 2 aliphatic heterocycles. The predicted octanol–water partition coefficient (Wildman–Crippen LogP) is 0.233. The molecule has 2 saturated heterocycles. The lowest BCUT2D eigenvalue weighted by atomic mass is 10.0. The highest BCUT2D eigenvalue weighted by molar-refractivity contribution is 4.80. The summed E-state index contributed by atoms with van der Waals surface area (Å²) in [5, 5.41) is 3.34. The summed E-state index contributed by atoms with van der Waals surface area (Å²) in [4.78, 5) is 5.23. The van der Waals surface area contributed by atoms with E-state index < -0.39 is 0 Å². The number of nitrogens with one attached hydrogen (secondary N) is 1. The minimum atomic E-state index is 0.938. The van der Waals surface area contributed by atoms with Gasteiger partial charge in [0.1, 0.15) is 0 Å². The Kier molecular flexibility index (Phi) is 3.79. The molecule has 0 saturated carbocycles. The molecule has 2 heterocycles. The summed E-state index contributed by atoms with van der Waals surface area (Å²) in [6, 6.07) is 0. The molecule has 0 aromatic rings. The molecule has 0 radical (unpaired) electrons. The molecule has 0 aliphatic carbocycles. The molecule has 3 nitrogen and oxygen atoms in total. The van der Waals surface area contributed by atoms with Crippen LogP contribution in [0.25, 0.3) is 0 Å². The molecular formula is C11H23N3. The van der Waals surface area contributed by atoms with Gasteiger partial charge in [0, 0.05) is 45.8 Å². The van der Waals surface area contributed by atoms with Gasteiger partial charge in [-0.25, -0.2) is 0 Å². The fourth-order valence-corrected chi connectivity index (χ4v) is 2.35. The molecule has 3 heteroatoms. The molecule has 2 aliphatic rings. The van der Waals surface area contributed by atoms with Crippen molar-refractivity contribution in [2.45, 2.75) is 13.3 Å². The standard InChI is InChI=1S/C11H23N3/c1-2-3-13-4-6-14(7-5-13)10-11-8-12-9-11/h11-12H,2-10H2,1H3. The largest absolute Gasteiger partial charge is 0.316 e. The van der Waals surface area contributed by atoms with Crippen molar-refractivity contribution < 1.29 is 0 Å². The van der Waals surface area contributed by atoms with Gasteiger partial charge in [-0.2, -0.15) is 0 Å². The Hall–Kier alpha value is -0.120. The van der Waals surface area contributed by atoms with E-state index in [1.807, 2.05) is 0 Å². The quantitative estimate of drug-likeness (QED) is 0.696. The smallest absolute Gasteiger partial charge is 0.0110 e. The normalized spacial score (nSPS) is 26.4. The van der Waals surface area contributed by atoms with E-state index in [1.54, 1.807) is 0 Å².